The SMILES string of the molecule is Cc1cc(C)c(C)c(Oc2ccc(F)cc2[C@@H](C)O)c1. The number of aliphatic hydroxyl groups is 1. The second-order valence-electron chi connectivity index (χ2n) is 5.17. The molecule has 3 heteroatoms. The number of hydrogen-bond donors (Lipinski definition) is 1. The van der Waals surface area contributed by atoms with E-state index >= 15 is 0 Å². The van der Waals surface area contributed by atoms with Crippen LogP contribution in [-0.4, -0.2) is 5.11 Å². The van der Waals surface area contributed by atoms with Gasteiger partial charge in [0, 0.05) is 5.56 Å². The van der Waals surface area contributed by atoms with Gasteiger partial charge in [-0.2, -0.15) is 0 Å². The fourth-order valence-electron chi connectivity index (χ4n) is 2.16. The zero-order valence-corrected chi connectivity index (χ0v) is 12.2. The lowest BCUT2D eigenvalue weighted by Gasteiger charge is -2.16. The Hall–Kier alpha value is -1.87. The maximum atomic E-state index is 13.3. The van der Waals surface area contributed by atoms with E-state index in [2.05, 4.69) is 6.07 Å². The highest BCUT2D eigenvalue weighted by Gasteiger charge is 2.13. The monoisotopic (exact) mass is 274 g/mol. The van der Waals surface area contributed by atoms with Crippen LogP contribution in [0.1, 0.15) is 35.3 Å². The van der Waals surface area contributed by atoms with Gasteiger partial charge >= 0.3 is 0 Å². The molecular weight excluding hydrogens is 255 g/mol. The Morgan fingerprint density at radius 2 is 1.75 bits per heavy atom. The van der Waals surface area contributed by atoms with Crippen LogP contribution in [0.25, 0.3) is 0 Å². The summed E-state index contributed by atoms with van der Waals surface area (Å²) >= 11 is 0. The van der Waals surface area contributed by atoms with Gasteiger partial charge in [0.15, 0.2) is 0 Å². The van der Waals surface area contributed by atoms with E-state index in [0.717, 1.165) is 22.4 Å². The number of aliphatic hydroxyl groups excluding tert-OH is 1. The molecule has 0 amide bonds. The zero-order valence-electron chi connectivity index (χ0n) is 12.2. The number of ether oxygens (including phenoxy) is 1. The minimum atomic E-state index is -0.785. The molecule has 0 radical (unpaired) electrons. The number of benzene rings is 2. The van der Waals surface area contributed by atoms with Crippen LogP contribution in [0.4, 0.5) is 4.39 Å². The van der Waals surface area contributed by atoms with Gasteiger partial charge in [-0.3, -0.25) is 0 Å². The Labute approximate surface area is 118 Å². The predicted octanol–water partition coefficient (Wildman–Crippen LogP) is 4.60. The molecular formula is C17H19FO2. The summed E-state index contributed by atoms with van der Waals surface area (Å²) in [6.07, 6.45) is -0.785. The maximum absolute atomic E-state index is 13.3. The first kappa shape index (κ1) is 14.5. The normalized spacial score (nSPS) is 12.3. The lowest BCUT2D eigenvalue weighted by molar-refractivity contribution is 0.195. The topological polar surface area (TPSA) is 29.5 Å². The Morgan fingerprint density at radius 3 is 2.40 bits per heavy atom. The number of hydrogen-bond acceptors (Lipinski definition) is 2. The molecule has 0 aliphatic carbocycles. The molecule has 0 aliphatic rings. The quantitative estimate of drug-likeness (QED) is 0.886. The summed E-state index contributed by atoms with van der Waals surface area (Å²) < 4.78 is 19.2. The molecule has 0 aliphatic heterocycles. The van der Waals surface area contributed by atoms with Crippen molar-refractivity contribution in [3.63, 3.8) is 0 Å². The predicted molar refractivity (Wildman–Crippen MR) is 77.8 cm³/mol. The molecule has 106 valence electrons. The van der Waals surface area contributed by atoms with Crippen molar-refractivity contribution in [2.75, 3.05) is 0 Å². The molecule has 0 aromatic heterocycles. The number of aryl methyl sites for hydroxylation is 2. The molecule has 0 saturated heterocycles. The second-order valence-corrected chi connectivity index (χ2v) is 5.17. The highest BCUT2D eigenvalue weighted by molar-refractivity contribution is 5.46. The smallest absolute Gasteiger partial charge is 0.133 e. The minimum Gasteiger partial charge on any atom is -0.457 e. The van der Waals surface area contributed by atoms with Gasteiger partial charge in [0.2, 0.25) is 0 Å². The Morgan fingerprint density at radius 1 is 1.05 bits per heavy atom. The lowest BCUT2D eigenvalue weighted by Crippen LogP contribution is -1.99. The second kappa shape index (κ2) is 5.63. The van der Waals surface area contributed by atoms with E-state index in [9.17, 15) is 9.50 Å². The van der Waals surface area contributed by atoms with Crippen molar-refractivity contribution in [3.8, 4) is 11.5 Å². The van der Waals surface area contributed by atoms with Gasteiger partial charge in [-0.1, -0.05) is 6.07 Å². The number of rotatable bonds is 3. The van der Waals surface area contributed by atoms with Gasteiger partial charge < -0.3 is 9.84 Å². The molecule has 2 aromatic rings. The largest absolute Gasteiger partial charge is 0.457 e. The first-order valence-corrected chi connectivity index (χ1v) is 6.61. The molecule has 0 spiro atoms. The molecule has 0 unspecified atom stereocenters. The van der Waals surface area contributed by atoms with Crippen molar-refractivity contribution in [1.29, 1.82) is 0 Å². The van der Waals surface area contributed by atoms with E-state index in [1.54, 1.807) is 13.0 Å². The average Bonchev–Trinajstić information content (AvgIpc) is 2.37. The van der Waals surface area contributed by atoms with Gasteiger partial charge in [0.1, 0.15) is 17.3 Å². The van der Waals surface area contributed by atoms with E-state index in [1.165, 1.54) is 12.1 Å². The molecule has 2 aromatic carbocycles. The summed E-state index contributed by atoms with van der Waals surface area (Å²) in [6, 6.07) is 8.21. The summed E-state index contributed by atoms with van der Waals surface area (Å²) in [7, 11) is 0. The molecule has 1 atom stereocenters. The molecule has 0 fully saturated rings. The zero-order chi connectivity index (χ0) is 14.9. The Bertz CT molecular complexity index is 633. The van der Waals surface area contributed by atoms with E-state index < -0.39 is 6.10 Å². The van der Waals surface area contributed by atoms with E-state index in [0.29, 0.717) is 11.3 Å². The van der Waals surface area contributed by atoms with Crippen LogP contribution in [0.5, 0.6) is 11.5 Å². The highest BCUT2D eigenvalue weighted by Crippen LogP contribution is 2.33. The van der Waals surface area contributed by atoms with E-state index in [4.69, 9.17) is 4.74 Å². The summed E-state index contributed by atoms with van der Waals surface area (Å²) in [5.41, 5.74) is 3.73. The summed E-state index contributed by atoms with van der Waals surface area (Å²) in [5, 5.41) is 9.74. The first-order valence-electron chi connectivity index (χ1n) is 6.61. The molecule has 1 N–H and O–H groups in total. The summed E-state index contributed by atoms with van der Waals surface area (Å²) in [5.74, 6) is 0.830. The van der Waals surface area contributed by atoms with Crippen LogP contribution < -0.4 is 4.74 Å². The molecule has 2 nitrogen and oxygen atoms in total. The lowest BCUT2D eigenvalue weighted by atomic mass is 10.1. The van der Waals surface area contributed by atoms with Crippen molar-refractivity contribution < 1.29 is 14.2 Å². The fourth-order valence-corrected chi connectivity index (χ4v) is 2.16. The van der Waals surface area contributed by atoms with Crippen molar-refractivity contribution in [2.24, 2.45) is 0 Å². The van der Waals surface area contributed by atoms with Crippen molar-refractivity contribution >= 4 is 0 Å². The standard InChI is InChI=1S/C17H19FO2/c1-10-7-11(2)12(3)17(8-10)20-16-6-5-14(18)9-15(16)13(4)19/h5-9,13,19H,1-4H3/t13-/m1/s1. The van der Waals surface area contributed by atoms with Crippen molar-refractivity contribution in [2.45, 2.75) is 33.8 Å². The van der Waals surface area contributed by atoms with E-state index in [-0.39, 0.29) is 5.82 Å². The molecule has 0 bridgehead atoms. The third-order valence-corrected chi connectivity index (χ3v) is 3.41. The van der Waals surface area contributed by atoms with Gasteiger partial charge in [-0.15, -0.1) is 0 Å². The summed E-state index contributed by atoms with van der Waals surface area (Å²) in [4.78, 5) is 0. The van der Waals surface area contributed by atoms with Gasteiger partial charge in [0.25, 0.3) is 0 Å². The van der Waals surface area contributed by atoms with Crippen molar-refractivity contribution in [3.05, 3.63) is 58.4 Å². The van der Waals surface area contributed by atoms with Crippen molar-refractivity contribution in [1.82, 2.24) is 0 Å². The third kappa shape index (κ3) is 2.99. The van der Waals surface area contributed by atoms with Gasteiger partial charge in [0.05, 0.1) is 6.10 Å². The maximum Gasteiger partial charge on any atom is 0.133 e. The van der Waals surface area contributed by atoms with Gasteiger partial charge in [-0.25, -0.2) is 4.39 Å². The molecule has 2 rings (SSSR count). The Balaban J connectivity index is 2.45. The third-order valence-electron chi connectivity index (χ3n) is 3.41. The van der Waals surface area contributed by atoms with Crippen LogP contribution >= 0.6 is 0 Å². The first-order chi connectivity index (χ1) is 9.38. The van der Waals surface area contributed by atoms with E-state index in [1.807, 2.05) is 26.8 Å². The molecule has 0 heterocycles. The van der Waals surface area contributed by atoms with Gasteiger partial charge in [-0.05, 0) is 68.7 Å². The fraction of sp³-hybridized carbons (Fsp3) is 0.294. The van der Waals surface area contributed by atoms with Crippen LogP contribution in [0.15, 0.2) is 30.3 Å². The van der Waals surface area contributed by atoms with Crippen LogP contribution in [-0.2, 0) is 0 Å². The van der Waals surface area contributed by atoms with Crippen LogP contribution in [0, 0.1) is 26.6 Å². The minimum absolute atomic E-state index is 0.384. The Kier molecular flexibility index (Phi) is 4.09. The number of halogens is 1. The van der Waals surface area contributed by atoms with Crippen LogP contribution in [0.3, 0.4) is 0 Å². The highest BCUT2D eigenvalue weighted by atomic mass is 19.1. The average molecular weight is 274 g/mol. The summed E-state index contributed by atoms with van der Waals surface area (Å²) in [6.45, 7) is 7.60. The van der Waals surface area contributed by atoms with Crippen LogP contribution in [0.2, 0.25) is 0 Å². The molecule has 20 heavy (non-hydrogen) atoms. The molecule has 0 saturated carbocycles.